The van der Waals surface area contributed by atoms with Gasteiger partial charge in [0, 0.05) is 29.9 Å². The van der Waals surface area contributed by atoms with Gasteiger partial charge >= 0.3 is 5.97 Å². The van der Waals surface area contributed by atoms with Gasteiger partial charge in [-0.05, 0) is 51.0 Å². The molecule has 0 N–H and O–H groups in total. The normalized spacial score (nSPS) is 11.9. The zero-order valence-corrected chi connectivity index (χ0v) is 20.0. The van der Waals surface area contributed by atoms with E-state index in [0.29, 0.717) is 26.2 Å². The third kappa shape index (κ3) is 6.40. The van der Waals surface area contributed by atoms with Gasteiger partial charge in [-0.25, -0.2) is 9.78 Å². The summed E-state index contributed by atoms with van der Waals surface area (Å²) in [6, 6.07) is 16.2. The first kappa shape index (κ1) is 24.0. The van der Waals surface area contributed by atoms with Gasteiger partial charge in [-0.2, -0.15) is 0 Å². The van der Waals surface area contributed by atoms with Crippen molar-refractivity contribution < 1.29 is 19.0 Å². The summed E-state index contributed by atoms with van der Waals surface area (Å²) < 4.78 is 16.7. The second kappa shape index (κ2) is 11.8. The third-order valence-corrected chi connectivity index (χ3v) is 6.41. The molecule has 1 unspecified atom stereocenters. The number of hydrogen-bond acceptors (Lipinski definition) is 6. The Morgan fingerprint density at radius 2 is 1.84 bits per heavy atom. The predicted molar refractivity (Wildman–Crippen MR) is 128 cm³/mol. The molecule has 1 atom stereocenters. The van der Waals surface area contributed by atoms with Gasteiger partial charge in [0.05, 0.1) is 18.9 Å². The molecule has 0 fully saturated rings. The summed E-state index contributed by atoms with van der Waals surface area (Å²) in [5, 5.41) is 1.05. The van der Waals surface area contributed by atoms with E-state index < -0.39 is 6.10 Å². The van der Waals surface area contributed by atoms with Crippen LogP contribution in [0, 0.1) is 13.8 Å². The van der Waals surface area contributed by atoms with Crippen LogP contribution in [0.4, 0.5) is 0 Å². The monoisotopic (exact) mass is 453 g/mol. The van der Waals surface area contributed by atoms with Crippen molar-refractivity contribution in [2.75, 3.05) is 19.8 Å². The number of benzene rings is 2. The largest absolute Gasteiger partial charge is 0.493 e. The maximum absolute atomic E-state index is 12.1. The van der Waals surface area contributed by atoms with Crippen LogP contribution in [0.1, 0.15) is 35.5 Å². The Morgan fingerprint density at radius 3 is 2.53 bits per heavy atom. The number of rotatable bonds is 11. The molecule has 1 heterocycles. The highest BCUT2D eigenvalue weighted by Crippen LogP contribution is 2.28. The molecule has 5 nitrogen and oxygen atoms in total. The van der Waals surface area contributed by atoms with Gasteiger partial charge in [0.2, 0.25) is 0 Å². The van der Waals surface area contributed by atoms with E-state index in [0.717, 1.165) is 39.6 Å². The Hall–Kier alpha value is -2.70. The number of esters is 1. The van der Waals surface area contributed by atoms with Crippen LogP contribution in [-0.2, 0) is 27.1 Å². The van der Waals surface area contributed by atoms with Gasteiger partial charge in [-0.1, -0.05) is 36.4 Å². The summed E-state index contributed by atoms with van der Waals surface area (Å²) in [4.78, 5) is 18.1. The fraction of sp³-hybridized carbons (Fsp3) is 0.385. The fourth-order valence-corrected chi connectivity index (χ4v) is 4.51. The lowest BCUT2D eigenvalue weighted by Gasteiger charge is -2.17. The minimum Gasteiger partial charge on any atom is -0.493 e. The number of nitrogens with zero attached hydrogens (tertiary/aromatic N) is 1. The maximum atomic E-state index is 12.1. The smallest absolute Gasteiger partial charge is 0.335 e. The molecule has 0 aliphatic heterocycles. The van der Waals surface area contributed by atoms with Gasteiger partial charge in [-0.3, -0.25) is 0 Å². The molecule has 0 bridgehead atoms. The lowest BCUT2D eigenvalue weighted by Crippen LogP contribution is -2.29. The molecular formula is C26H31NO4S. The van der Waals surface area contributed by atoms with E-state index in [-0.39, 0.29) is 5.97 Å². The SMILES string of the molecule is CCOC(=O)C(Cc1ccc(OCCc2sc(-c3ccccc3)nc2C)cc1C)OCC. The molecule has 0 saturated carbocycles. The second-order valence-electron chi connectivity index (χ2n) is 7.48. The van der Waals surface area contributed by atoms with Crippen LogP contribution in [0.25, 0.3) is 10.6 Å². The quantitative estimate of drug-likeness (QED) is 0.356. The Labute approximate surface area is 194 Å². The molecule has 0 spiro atoms. The summed E-state index contributed by atoms with van der Waals surface area (Å²) in [6.07, 6.45) is 0.714. The molecule has 1 aromatic heterocycles. The number of ether oxygens (including phenoxy) is 3. The summed E-state index contributed by atoms with van der Waals surface area (Å²) in [5.74, 6) is 0.504. The Bertz CT molecular complexity index is 1020. The highest BCUT2D eigenvalue weighted by molar-refractivity contribution is 7.15. The number of thiazole rings is 1. The molecule has 2 aromatic carbocycles. The molecule has 32 heavy (non-hydrogen) atoms. The first-order valence-corrected chi connectivity index (χ1v) is 11.9. The zero-order chi connectivity index (χ0) is 22.9. The van der Waals surface area contributed by atoms with E-state index in [4.69, 9.17) is 19.2 Å². The topological polar surface area (TPSA) is 57.7 Å². The van der Waals surface area contributed by atoms with E-state index in [1.807, 2.05) is 50.2 Å². The van der Waals surface area contributed by atoms with Crippen LogP contribution in [0.3, 0.4) is 0 Å². The van der Waals surface area contributed by atoms with Crippen molar-refractivity contribution in [2.24, 2.45) is 0 Å². The average Bonchev–Trinajstić information content (AvgIpc) is 3.16. The summed E-state index contributed by atoms with van der Waals surface area (Å²) >= 11 is 1.72. The first-order valence-electron chi connectivity index (χ1n) is 11.0. The highest BCUT2D eigenvalue weighted by atomic mass is 32.1. The van der Waals surface area contributed by atoms with Gasteiger partial charge < -0.3 is 14.2 Å². The van der Waals surface area contributed by atoms with Crippen molar-refractivity contribution in [3.05, 3.63) is 70.2 Å². The minimum absolute atomic E-state index is 0.316. The zero-order valence-electron chi connectivity index (χ0n) is 19.2. The van der Waals surface area contributed by atoms with Crippen LogP contribution < -0.4 is 4.74 Å². The van der Waals surface area contributed by atoms with E-state index >= 15 is 0 Å². The van der Waals surface area contributed by atoms with Gasteiger partial charge in [-0.15, -0.1) is 11.3 Å². The minimum atomic E-state index is -0.585. The predicted octanol–water partition coefficient (Wildman–Crippen LogP) is 5.56. The van der Waals surface area contributed by atoms with Crippen LogP contribution in [0.2, 0.25) is 0 Å². The Balaban J connectivity index is 1.58. The van der Waals surface area contributed by atoms with Crippen molar-refractivity contribution in [3.63, 3.8) is 0 Å². The molecular weight excluding hydrogens is 422 g/mol. The molecule has 3 rings (SSSR count). The fourth-order valence-electron chi connectivity index (χ4n) is 3.46. The third-order valence-electron chi connectivity index (χ3n) is 5.15. The molecule has 0 aliphatic carbocycles. The number of carbonyl (C=O) groups is 1. The van der Waals surface area contributed by atoms with Crippen LogP contribution in [-0.4, -0.2) is 36.9 Å². The van der Waals surface area contributed by atoms with E-state index in [1.54, 1.807) is 18.3 Å². The molecule has 6 heteroatoms. The lowest BCUT2D eigenvalue weighted by atomic mass is 10.0. The van der Waals surface area contributed by atoms with E-state index in [1.165, 1.54) is 4.88 Å². The Morgan fingerprint density at radius 1 is 1.06 bits per heavy atom. The summed E-state index contributed by atoms with van der Waals surface area (Å²) in [7, 11) is 0. The van der Waals surface area contributed by atoms with Crippen molar-refractivity contribution in [2.45, 2.75) is 46.6 Å². The van der Waals surface area contributed by atoms with E-state index in [2.05, 4.69) is 19.1 Å². The number of hydrogen-bond donors (Lipinski definition) is 0. The highest BCUT2D eigenvalue weighted by Gasteiger charge is 2.21. The molecule has 0 aliphatic rings. The molecule has 170 valence electrons. The standard InChI is InChI=1S/C26H31NO4S/c1-5-29-23(26(28)30-6-2)17-21-12-13-22(16-18(21)3)31-15-14-24-19(4)27-25(32-24)20-10-8-7-9-11-20/h7-13,16,23H,5-6,14-15,17H2,1-4H3. The summed E-state index contributed by atoms with van der Waals surface area (Å²) in [6.45, 7) is 9.15. The van der Waals surface area contributed by atoms with Crippen LogP contribution >= 0.6 is 11.3 Å². The number of carbonyl (C=O) groups excluding carboxylic acids is 1. The van der Waals surface area contributed by atoms with Crippen LogP contribution in [0.5, 0.6) is 5.75 Å². The summed E-state index contributed by atoms with van der Waals surface area (Å²) in [5.41, 5.74) is 4.32. The van der Waals surface area contributed by atoms with Crippen molar-refractivity contribution >= 4 is 17.3 Å². The average molecular weight is 454 g/mol. The molecule has 3 aromatic rings. The van der Waals surface area contributed by atoms with Crippen LogP contribution in [0.15, 0.2) is 48.5 Å². The van der Waals surface area contributed by atoms with Gasteiger partial charge in [0.15, 0.2) is 6.10 Å². The molecule has 0 saturated heterocycles. The van der Waals surface area contributed by atoms with Crippen molar-refractivity contribution in [1.29, 1.82) is 0 Å². The van der Waals surface area contributed by atoms with E-state index in [9.17, 15) is 4.79 Å². The number of aryl methyl sites for hydroxylation is 2. The van der Waals surface area contributed by atoms with Crippen molar-refractivity contribution in [3.8, 4) is 16.3 Å². The van der Waals surface area contributed by atoms with Gasteiger partial charge in [0.25, 0.3) is 0 Å². The second-order valence-corrected chi connectivity index (χ2v) is 8.56. The van der Waals surface area contributed by atoms with Gasteiger partial charge in [0.1, 0.15) is 10.8 Å². The number of aromatic nitrogens is 1. The van der Waals surface area contributed by atoms with Crippen molar-refractivity contribution in [1.82, 2.24) is 4.98 Å². The first-order chi connectivity index (χ1) is 15.5. The molecule has 0 amide bonds. The Kier molecular flexibility index (Phi) is 8.82. The lowest BCUT2D eigenvalue weighted by molar-refractivity contribution is -0.156. The molecule has 0 radical (unpaired) electrons. The maximum Gasteiger partial charge on any atom is 0.335 e.